The smallest absolute Gasteiger partial charge is 0.186 e. The topological polar surface area (TPSA) is 55.1 Å². The van der Waals surface area contributed by atoms with Crippen LogP contribution < -0.4 is 0 Å². The molecular weight excluding hydrogens is 368 g/mol. The van der Waals surface area contributed by atoms with Gasteiger partial charge in [-0.3, -0.25) is 0 Å². The van der Waals surface area contributed by atoms with Crippen molar-refractivity contribution < 1.29 is 8.76 Å². The number of nitrogens with zero attached hydrogens (tertiary/aromatic N) is 2. The van der Waals surface area contributed by atoms with Gasteiger partial charge in [-0.05, 0) is 44.2 Å². The van der Waals surface area contributed by atoms with E-state index < -0.39 is 11.1 Å². The minimum atomic E-state index is -1.99. The average molecular weight is 388 g/mol. The van der Waals surface area contributed by atoms with E-state index in [-0.39, 0.29) is 0 Å². The molecule has 1 aromatic heterocycles. The lowest BCUT2D eigenvalue weighted by atomic mass is 10.1. The first-order valence-corrected chi connectivity index (χ1v) is 10.1. The zero-order chi connectivity index (χ0) is 19.7. The van der Waals surface area contributed by atoms with E-state index >= 15 is 0 Å². The Bertz CT molecular complexity index is 1130. The highest BCUT2D eigenvalue weighted by Crippen LogP contribution is 2.29. The van der Waals surface area contributed by atoms with Gasteiger partial charge in [0.2, 0.25) is 0 Å². The molecular formula is C23H20N2O2S. The zero-order valence-electron chi connectivity index (χ0n) is 15.7. The van der Waals surface area contributed by atoms with Gasteiger partial charge < -0.3 is 4.55 Å². The van der Waals surface area contributed by atoms with E-state index in [1.54, 1.807) is 12.1 Å². The third kappa shape index (κ3) is 3.67. The highest BCUT2D eigenvalue weighted by molar-refractivity contribution is 7.79. The molecule has 1 atom stereocenters. The van der Waals surface area contributed by atoms with Crippen molar-refractivity contribution in [2.75, 3.05) is 0 Å². The normalized spacial score (nSPS) is 12.1. The Hall–Kier alpha value is -3.02. The molecule has 0 radical (unpaired) electrons. The van der Waals surface area contributed by atoms with E-state index in [0.717, 1.165) is 28.2 Å². The van der Waals surface area contributed by atoms with Crippen LogP contribution in [0.5, 0.6) is 0 Å². The van der Waals surface area contributed by atoms with Crippen LogP contribution in [0.1, 0.15) is 11.1 Å². The molecule has 0 saturated carbocycles. The predicted octanol–water partition coefficient (Wildman–Crippen LogP) is 5.40. The highest BCUT2D eigenvalue weighted by Gasteiger charge is 2.13. The number of hydrogen-bond acceptors (Lipinski definition) is 2. The third-order valence-electron chi connectivity index (χ3n) is 4.69. The molecule has 1 heterocycles. The molecule has 0 aliphatic heterocycles. The van der Waals surface area contributed by atoms with Gasteiger partial charge in [-0.2, -0.15) is 5.10 Å². The Kier molecular flexibility index (Phi) is 4.94. The van der Waals surface area contributed by atoms with Crippen LogP contribution in [0.4, 0.5) is 0 Å². The van der Waals surface area contributed by atoms with Crippen LogP contribution in [0.25, 0.3) is 28.2 Å². The van der Waals surface area contributed by atoms with Gasteiger partial charge >= 0.3 is 0 Å². The van der Waals surface area contributed by atoms with E-state index in [0.29, 0.717) is 4.90 Å². The van der Waals surface area contributed by atoms with Gasteiger partial charge in [-0.15, -0.1) is 0 Å². The molecule has 140 valence electrons. The summed E-state index contributed by atoms with van der Waals surface area (Å²) >= 11 is -1.99. The van der Waals surface area contributed by atoms with Gasteiger partial charge in [-0.25, -0.2) is 8.89 Å². The van der Waals surface area contributed by atoms with E-state index in [4.69, 9.17) is 5.10 Å². The van der Waals surface area contributed by atoms with Gasteiger partial charge in [0, 0.05) is 11.1 Å². The summed E-state index contributed by atoms with van der Waals surface area (Å²) in [6.45, 7) is 4.12. The molecule has 28 heavy (non-hydrogen) atoms. The number of aryl methyl sites for hydroxylation is 2. The number of aromatic nitrogens is 2. The molecule has 1 N–H and O–H groups in total. The Labute approximate surface area is 166 Å². The highest BCUT2D eigenvalue weighted by atomic mass is 32.2. The summed E-state index contributed by atoms with van der Waals surface area (Å²) in [5.74, 6) is 0. The van der Waals surface area contributed by atoms with Gasteiger partial charge in [0.25, 0.3) is 0 Å². The first kappa shape index (κ1) is 18.3. The standard InChI is InChI=1S/C23H20N2O2S/c1-16-3-7-18(8-4-16)22-15-23(19-9-5-17(2)6-10-19)25(24-22)20-11-13-21(14-12-20)28(26)27/h3-15H,1-2H3,(H,26,27). The fraction of sp³-hybridized carbons (Fsp3) is 0.0870. The first-order valence-electron chi connectivity index (χ1n) is 8.97. The number of hydrogen-bond donors (Lipinski definition) is 1. The van der Waals surface area contributed by atoms with Crippen LogP contribution in [-0.4, -0.2) is 18.5 Å². The molecule has 0 amide bonds. The lowest BCUT2D eigenvalue weighted by molar-refractivity contribution is 0.564. The lowest BCUT2D eigenvalue weighted by Crippen LogP contribution is -2.00. The predicted molar refractivity (Wildman–Crippen MR) is 113 cm³/mol. The summed E-state index contributed by atoms with van der Waals surface area (Å²) in [7, 11) is 0. The molecule has 0 bridgehead atoms. The van der Waals surface area contributed by atoms with Gasteiger partial charge in [0.05, 0.1) is 22.0 Å². The maximum atomic E-state index is 11.3. The number of benzene rings is 3. The molecule has 4 rings (SSSR count). The van der Waals surface area contributed by atoms with Crippen molar-refractivity contribution in [1.29, 1.82) is 0 Å². The molecule has 4 nitrogen and oxygen atoms in total. The third-order valence-corrected chi connectivity index (χ3v) is 5.36. The van der Waals surface area contributed by atoms with Gasteiger partial charge in [0.15, 0.2) is 11.1 Å². The van der Waals surface area contributed by atoms with Crippen molar-refractivity contribution in [3.63, 3.8) is 0 Å². The van der Waals surface area contributed by atoms with Crippen LogP contribution in [0.15, 0.2) is 83.8 Å². The van der Waals surface area contributed by atoms with E-state index in [9.17, 15) is 8.76 Å². The van der Waals surface area contributed by atoms with Crippen molar-refractivity contribution in [3.8, 4) is 28.2 Å². The van der Waals surface area contributed by atoms with E-state index in [1.807, 2.05) is 16.8 Å². The fourth-order valence-corrected chi connectivity index (χ4v) is 3.45. The summed E-state index contributed by atoms with van der Waals surface area (Å²) in [6, 6.07) is 25.6. The number of rotatable bonds is 4. The monoisotopic (exact) mass is 388 g/mol. The van der Waals surface area contributed by atoms with Gasteiger partial charge in [-0.1, -0.05) is 59.7 Å². The molecule has 5 heteroatoms. The largest absolute Gasteiger partial charge is 0.302 e. The molecule has 0 fully saturated rings. The summed E-state index contributed by atoms with van der Waals surface area (Å²) in [5, 5.41) is 4.83. The van der Waals surface area contributed by atoms with Crippen LogP contribution in [0.3, 0.4) is 0 Å². The molecule has 0 spiro atoms. The molecule has 0 aliphatic carbocycles. The van der Waals surface area contributed by atoms with Crippen molar-refractivity contribution in [1.82, 2.24) is 9.78 Å². The van der Waals surface area contributed by atoms with E-state index in [1.165, 1.54) is 11.1 Å². The van der Waals surface area contributed by atoms with Gasteiger partial charge in [0.1, 0.15) is 0 Å². The molecule has 1 unspecified atom stereocenters. The van der Waals surface area contributed by atoms with Crippen LogP contribution >= 0.6 is 0 Å². The summed E-state index contributed by atoms with van der Waals surface area (Å²) in [6.07, 6.45) is 0. The maximum Gasteiger partial charge on any atom is 0.186 e. The second-order valence-electron chi connectivity index (χ2n) is 6.80. The van der Waals surface area contributed by atoms with Crippen LogP contribution in [0, 0.1) is 13.8 Å². The molecule has 0 saturated heterocycles. The van der Waals surface area contributed by atoms with Crippen LogP contribution in [0.2, 0.25) is 0 Å². The molecule has 4 aromatic rings. The Morgan fingerprint density at radius 2 is 1.32 bits per heavy atom. The molecule has 3 aromatic carbocycles. The second-order valence-corrected chi connectivity index (χ2v) is 7.77. The lowest BCUT2D eigenvalue weighted by Gasteiger charge is -2.08. The molecule has 0 aliphatic rings. The van der Waals surface area contributed by atoms with Crippen molar-refractivity contribution in [2.45, 2.75) is 18.7 Å². The Morgan fingerprint density at radius 1 is 0.786 bits per heavy atom. The Morgan fingerprint density at radius 3 is 1.86 bits per heavy atom. The summed E-state index contributed by atoms with van der Waals surface area (Å²) in [5.41, 5.74) is 7.19. The minimum Gasteiger partial charge on any atom is -0.302 e. The summed E-state index contributed by atoms with van der Waals surface area (Å²) in [4.78, 5) is 0.367. The Balaban J connectivity index is 1.86. The average Bonchev–Trinajstić information content (AvgIpc) is 3.14. The van der Waals surface area contributed by atoms with Crippen LogP contribution in [-0.2, 0) is 11.1 Å². The minimum absolute atomic E-state index is 0.367. The fourth-order valence-electron chi connectivity index (χ4n) is 3.08. The van der Waals surface area contributed by atoms with E-state index in [2.05, 4.69) is 68.4 Å². The maximum absolute atomic E-state index is 11.3. The quantitative estimate of drug-likeness (QED) is 0.476. The zero-order valence-corrected chi connectivity index (χ0v) is 16.5. The second kappa shape index (κ2) is 7.54. The van der Waals surface area contributed by atoms with Crippen molar-refractivity contribution in [3.05, 3.63) is 90.0 Å². The van der Waals surface area contributed by atoms with Crippen molar-refractivity contribution >= 4 is 11.1 Å². The first-order chi connectivity index (χ1) is 13.5. The SMILES string of the molecule is Cc1ccc(-c2cc(-c3ccc(C)cc3)n(-c3ccc(S(=O)O)cc3)n2)cc1. The summed E-state index contributed by atoms with van der Waals surface area (Å²) < 4.78 is 22.4. The van der Waals surface area contributed by atoms with Crippen molar-refractivity contribution in [2.24, 2.45) is 0 Å².